The Balaban J connectivity index is 1.95. The number of hydrogen-bond donors (Lipinski definition) is 2. The van der Waals surface area contributed by atoms with E-state index in [4.69, 9.17) is 28.9 Å². The molecule has 1 aromatic carbocycles. The Kier molecular flexibility index (Phi) is 7.09. The van der Waals surface area contributed by atoms with Crippen LogP contribution in [0.2, 0.25) is 5.02 Å². The van der Waals surface area contributed by atoms with Crippen LogP contribution in [-0.2, 0) is 0 Å². The van der Waals surface area contributed by atoms with Crippen molar-refractivity contribution in [3.63, 3.8) is 0 Å². The Bertz CT molecular complexity index is 772. The van der Waals surface area contributed by atoms with Crippen molar-refractivity contribution in [1.29, 1.82) is 0 Å². The van der Waals surface area contributed by atoms with E-state index >= 15 is 0 Å². The van der Waals surface area contributed by atoms with Crippen LogP contribution in [-0.4, -0.2) is 30.4 Å². The van der Waals surface area contributed by atoms with Gasteiger partial charge in [0.05, 0.1) is 17.8 Å². The quantitative estimate of drug-likeness (QED) is 0.352. The van der Waals surface area contributed by atoms with Gasteiger partial charge in [0, 0.05) is 10.6 Å². The lowest BCUT2D eigenvalue weighted by Gasteiger charge is -2.13. The van der Waals surface area contributed by atoms with Crippen molar-refractivity contribution >= 4 is 41.6 Å². The lowest BCUT2D eigenvalue weighted by atomic mass is 9.99. The summed E-state index contributed by atoms with van der Waals surface area (Å²) in [5.41, 5.74) is 9.35. The zero-order chi connectivity index (χ0) is 18.2. The van der Waals surface area contributed by atoms with Crippen molar-refractivity contribution in [1.82, 2.24) is 5.43 Å². The van der Waals surface area contributed by atoms with Gasteiger partial charge in [0.2, 0.25) is 5.96 Å². The first-order valence-electron chi connectivity index (χ1n) is 7.20. The fourth-order valence-corrected chi connectivity index (χ4v) is 2.38. The van der Waals surface area contributed by atoms with Crippen molar-refractivity contribution < 1.29 is 8.78 Å². The number of halogens is 4. The van der Waals surface area contributed by atoms with Crippen molar-refractivity contribution in [2.75, 3.05) is 6.67 Å². The molecule has 0 radical (unpaired) electrons. The highest BCUT2D eigenvalue weighted by Gasteiger charge is 2.13. The van der Waals surface area contributed by atoms with Gasteiger partial charge in [-0.3, -0.25) is 0 Å². The number of hydrogen-bond acceptors (Lipinski definition) is 3. The van der Waals surface area contributed by atoms with E-state index in [1.807, 2.05) is 0 Å². The number of nitrogens with two attached hydrogens (primary N) is 1. The normalized spacial score (nSPS) is 18.6. The predicted octanol–water partition coefficient (Wildman–Crippen LogP) is 3.54. The molecule has 1 aliphatic carbocycles. The molecule has 1 aromatic rings. The summed E-state index contributed by atoms with van der Waals surface area (Å²) in [6.07, 6.45) is 6.46. The second kappa shape index (κ2) is 9.29. The summed E-state index contributed by atoms with van der Waals surface area (Å²) < 4.78 is 26.5. The van der Waals surface area contributed by atoms with Crippen LogP contribution in [0.3, 0.4) is 0 Å². The second-order valence-corrected chi connectivity index (χ2v) is 6.03. The van der Waals surface area contributed by atoms with Gasteiger partial charge >= 0.3 is 0 Å². The van der Waals surface area contributed by atoms with Gasteiger partial charge < -0.3 is 5.73 Å². The minimum absolute atomic E-state index is 0.112. The van der Waals surface area contributed by atoms with E-state index in [2.05, 4.69) is 20.7 Å². The van der Waals surface area contributed by atoms with Gasteiger partial charge in [-0.05, 0) is 35.8 Å². The van der Waals surface area contributed by atoms with Crippen LogP contribution in [0.1, 0.15) is 12.0 Å². The van der Waals surface area contributed by atoms with Gasteiger partial charge in [0.25, 0.3) is 0 Å². The van der Waals surface area contributed by atoms with E-state index in [-0.39, 0.29) is 21.9 Å². The molecule has 132 valence electrons. The molecular formula is C16H15Cl2F2N5. The van der Waals surface area contributed by atoms with Crippen LogP contribution in [0.4, 0.5) is 8.78 Å². The van der Waals surface area contributed by atoms with E-state index in [0.29, 0.717) is 17.6 Å². The molecule has 0 aliphatic heterocycles. The van der Waals surface area contributed by atoms with Gasteiger partial charge in [0.15, 0.2) is 0 Å². The van der Waals surface area contributed by atoms with Crippen LogP contribution < -0.4 is 11.2 Å². The van der Waals surface area contributed by atoms with E-state index in [1.165, 1.54) is 30.6 Å². The summed E-state index contributed by atoms with van der Waals surface area (Å²) in [7, 11) is 0. The van der Waals surface area contributed by atoms with Crippen molar-refractivity contribution in [2.24, 2.45) is 21.0 Å². The topological polar surface area (TPSA) is 75.1 Å². The first kappa shape index (κ1) is 19.1. The maximum Gasteiger partial charge on any atom is 0.234 e. The van der Waals surface area contributed by atoms with Gasteiger partial charge in [-0.1, -0.05) is 23.8 Å². The highest BCUT2D eigenvalue weighted by atomic mass is 35.5. The molecule has 0 fully saturated rings. The molecule has 0 saturated heterocycles. The summed E-state index contributed by atoms with van der Waals surface area (Å²) in [5.74, 6) is -0.627. The Morgan fingerprint density at radius 1 is 1.40 bits per heavy atom. The zero-order valence-corrected chi connectivity index (χ0v) is 14.5. The van der Waals surface area contributed by atoms with E-state index in [0.717, 1.165) is 0 Å². The molecule has 0 saturated carbocycles. The molecule has 1 unspecified atom stereocenters. The zero-order valence-electron chi connectivity index (χ0n) is 13.0. The first-order valence-corrected chi connectivity index (χ1v) is 8.02. The Morgan fingerprint density at radius 2 is 2.20 bits per heavy atom. The third-order valence-corrected chi connectivity index (χ3v) is 3.74. The largest absolute Gasteiger partial charge is 0.367 e. The van der Waals surface area contributed by atoms with Crippen molar-refractivity contribution in [3.8, 4) is 0 Å². The van der Waals surface area contributed by atoms with Crippen LogP contribution in [0.15, 0.2) is 56.8 Å². The molecule has 3 N–H and O–H groups in total. The fourth-order valence-electron chi connectivity index (χ4n) is 1.96. The first-order chi connectivity index (χ1) is 12.0. The number of nitrogens with one attached hydrogen (secondary N) is 1. The van der Waals surface area contributed by atoms with Crippen LogP contribution >= 0.6 is 23.2 Å². The summed E-state index contributed by atoms with van der Waals surface area (Å²) in [6, 6.07) is 4.18. The molecule has 25 heavy (non-hydrogen) atoms. The lowest BCUT2D eigenvalue weighted by Crippen LogP contribution is -2.26. The molecule has 0 spiro atoms. The third-order valence-electron chi connectivity index (χ3n) is 3.20. The molecular weight excluding hydrogens is 371 g/mol. The Labute approximate surface area is 153 Å². The number of benzene rings is 1. The maximum atomic E-state index is 13.5. The number of alkyl halides is 2. The molecule has 2 rings (SSSR count). The number of hydrazone groups is 1. The van der Waals surface area contributed by atoms with Crippen molar-refractivity contribution in [3.05, 3.63) is 57.9 Å². The SMILES string of the molecule is NC(=N/N=C/C1=C(CF)CC(Cl)C=C1)N/N=C/c1ccc(Cl)cc1F. The van der Waals surface area contributed by atoms with Gasteiger partial charge in [-0.2, -0.15) is 10.2 Å². The Hall–Kier alpha value is -2.25. The molecule has 1 atom stereocenters. The average molecular weight is 386 g/mol. The van der Waals surface area contributed by atoms with E-state index in [1.54, 1.807) is 12.2 Å². The standard InChI is InChI=1S/C16H15Cl2F2N5/c17-13-3-1-10(12(5-13)7-19)8-22-24-16(21)25-23-9-11-2-4-14(18)6-15(11)20/h1-4,6,8-9,13H,5,7H2,(H3,21,24,25)/b22-8+,23-9+. The van der Waals surface area contributed by atoms with Crippen molar-refractivity contribution in [2.45, 2.75) is 11.8 Å². The Morgan fingerprint density at radius 3 is 2.92 bits per heavy atom. The molecule has 0 bridgehead atoms. The van der Waals surface area contributed by atoms with Crippen LogP contribution in [0, 0.1) is 5.82 Å². The summed E-state index contributed by atoms with van der Waals surface area (Å²) in [6.45, 7) is -0.608. The van der Waals surface area contributed by atoms with E-state index in [9.17, 15) is 8.78 Å². The van der Waals surface area contributed by atoms with Gasteiger partial charge in [0.1, 0.15) is 12.5 Å². The average Bonchev–Trinajstić information content (AvgIpc) is 2.58. The summed E-state index contributed by atoms with van der Waals surface area (Å²) >= 11 is 11.6. The molecule has 0 heterocycles. The second-order valence-electron chi connectivity index (χ2n) is 5.04. The maximum absolute atomic E-state index is 13.5. The number of allylic oxidation sites excluding steroid dienone is 4. The van der Waals surface area contributed by atoms with Crippen LogP contribution in [0.5, 0.6) is 0 Å². The van der Waals surface area contributed by atoms with Gasteiger partial charge in [-0.15, -0.1) is 16.7 Å². The molecule has 0 aromatic heterocycles. The number of guanidine groups is 1. The highest BCUT2D eigenvalue weighted by Crippen LogP contribution is 2.22. The lowest BCUT2D eigenvalue weighted by molar-refractivity contribution is 0.530. The van der Waals surface area contributed by atoms with Gasteiger partial charge in [-0.25, -0.2) is 14.2 Å². The predicted molar refractivity (Wildman–Crippen MR) is 98.7 cm³/mol. The minimum atomic E-state index is -0.608. The summed E-state index contributed by atoms with van der Waals surface area (Å²) in [5, 5.41) is 11.3. The molecule has 0 amide bonds. The smallest absolute Gasteiger partial charge is 0.234 e. The minimum Gasteiger partial charge on any atom is -0.367 e. The molecule has 9 heteroatoms. The number of rotatable bonds is 5. The number of nitrogens with zero attached hydrogens (tertiary/aromatic N) is 3. The third kappa shape index (κ3) is 5.95. The molecule has 5 nitrogen and oxygen atoms in total. The highest BCUT2D eigenvalue weighted by molar-refractivity contribution is 6.30. The van der Waals surface area contributed by atoms with E-state index < -0.39 is 12.5 Å². The summed E-state index contributed by atoms with van der Waals surface area (Å²) in [4.78, 5) is 0. The fraction of sp³-hybridized carbons (Fsp3) is 0.188. The van der Waals surface area contributed by atoms with Crippen LogP contribution in [0.25, 0.3) is 0 Å². The monoisotopic (exact) mass is 385 g/mol. The molecule has 1 aliphatic rings.